The molecule has 16 heavy (non-hydrogen) atoms. The Bertz CT molecular complexity index is 499. The van der Waals surface area contributed by atoms with Gasteiger partial charge in [0.05, 0.1) is 6.20 Å². The minimum absolute atomic E-state index is 0.368. The minimum Gasteiger partial charge on any atom is -0.250 e. The highest BCUT2D eigenvalue weighted by atomic mass is 35.5. The summed E-state index contributed by atoms with van der Waals surface area (Å²) in [5.41, 5.74) is 1.35. The summed E-state index contributed by atoms with van der Waals surface area (Å²) in [4.78, 5) is 12.2. The standard InChI is InChI=1S/C11H9ClFN3/c1-2-8-5-10(12)16-11(15-8)9-4-3-7(13)6-14-9/h3-6H,2H2,1H3. The van der Waals surface area contributed by atoms with Crippen LogP contribution in [0.2, 0.25) is 5.15 Å². The number of hydrogen-bond donors (Lipinski definition) is 0. The van der Waals surface area contributed by atoms with E-state index >= 15 is 0 Å². The molecule has 0 amide bonds. The van der Waals surface area contributed by atoms with Crippen LogP contribution in [-0.2, 0) is 6.42 Å². The van der Waals surface area contributed by atoms with Crippen molar-refractivity contribution in [3.8, 4) is 11.5 Å². The van der Waals surface area contributed by atoms with E-state index in [1.807, 2.05) is 6.92 Å². The van der Waals surface area contributed by atoms with Crippen molar-refractivity contribution in [3.63, 3.8) is 0 Å². The molecule has 0 radical (unpaired) electrons. The van der Waals surface area contributed by atoms with Crippen molar-refractivity contribution in [1.29, 1.82) is 0 Å². The van der Waals surface area contributed by atoms with Crippen LogP contribution in [0.1, 0.15) is 12.6 Å². The maximum Gasteiger partial charge on any atom is 0.179 e. The fourth-order valence-corrected chi connectivity index (χ4v) is 1.47. The Kier molecular flexibility index (Phi) is 3.10. The maximum atomic E-state index is 12.7. The highest BCUT2D eigenvalue weighted by Crippen LogP contribution is 2.16. The summed E-state index contributed by atoms with van der Waals surface area (Å²) < 4.78 is 12.7. The molecule has 0 unspecified atom stereocenters. The third kappa shape index (κ3) is 2.33. The average molecular weight is 238 g/mol. The quantitative estimate of drug-likeness (QED) is 0.754. The van der Waals surface area contributed by atoms with Crippen LogP contribution in [0.15, 0.2) is 24.4 Å². The van der Waals surface area contributed by atoms with E-state index in [2.05, 4.69) is 15.0 Å². The Balaban J connectivity index is 2.47. The fraction of sp³-hybridized carbons (Fsp3) is 0.182. The second-order valence-electron chi connectivity index (χ2n) is 3.22. The van der Waals surface area contributed by atoms with E-state index in [-0.39, 0.29) is 5.82 Å². The van der Waals surface area contributed by atoms with E-state index in [0.29, 0.717) is 16.7 Å². The van der Waals surface area contributed by atoms with Crippen LogP contribution in [0.3, 0.4) is 0 Å². The van der Waals surface area contributed by atoms with Crippen molar-refractivity contribution in [2.75, 3.05) is 0 Å². The van der Waals surface area contributed by atoms with Crippen LogP contribution < -0.4 is 0 Å². The largest absolute Gasteiger partial charge is 0.250 e. The van der Waals surface area contributed by atoms with Gasteiger partial charge in [0.1, 0.15) is 16.7 Å². The van der Waals surface area contributed by atoms with Crippen LogP contribution >= 0.6 is 11.6 Å². The summed E-state index contributed by atoms with van der Waals surface area (Å²) in [6.07, 6.45) is 1.89. The van der Waals surface area contributed by atoms with E-state index in [1.165, 1.54) is 12.1 Å². The van der Waals surface area contributed by atoms with Gasteiger partial charge in [-0.2, -0.15) is 0 Å². The molecule has 5 heteroatoms. The van der Waals surface area contributed by atoms with Crippen LogP contribution in [-0.4, -0.2) is 15.0 Å². The average Bonchev–Trinajstić information content (AvgIpc) is 2.29. The van der Waals surface area contributed by atoms with E-state index in [9.17, 15) is 4.39 Å². The summed E-state index contributed by atoms with van der Waals surface area (Å²) in [6, 6.07) is 4.55. The molecule has 2 heterocycles. The predicted molar refractivity (Wildman–Crippen MR) is 59.6 cm³/mol. The maximum absolute atomic E-state index is 12.7. The Labute approximate surface area is 97.3 Å². The minimum atomic E-state index is -0.388. The third-order valence-corrected chi connectivity index (χ3v) is 2.26. The van der Waals surface area contributed by atoms with Gasteiger partial charge >= 0.3 is 0 Å². The van der Waals surface area contributed by atoms with Gasteiger partial charge in [-0.15, -0.1) is 0 Å². The van der Waals surface area contributed by atoms with Gasteiger partial charge in [0.25, 0.3) is 0 Å². The molecule has 2 aromatic rings. The van der Waals surface area contributed by atoms with E-state index in [4.69, 9.17) is 11.6 Å². The highest BCUT2D eigenvalue weighted by Gasteiger charge is 2.06. The summed E-state index contributed by atoms with van der Waals surface area (Å²) in [5, 5.41) is 0.368. The molecule has 0 N–H and O–H groups in total. The molecule has 0 bridgehead atoms. The van der Waals surface area contributed by atoms with Gasteiger partial charge in [0, 0.05) is 5.69 Å². The molecule has 0 spiro atoms. The summed E-state index contributed by atoms with van der Waals surface area (Å²) in [7, 11) is 0. The van der Waals surface area contributed by atoms with Crippen molar-refractivity contribution in [3.05, 3.63) is 41.1 Å². The Morgan fingerprint density at radius 2 is 2.12 bits per heavy atom. The lowest BCUT2D eigenvalue weighted by Gasteiger charge is -2.02. The van der Waals surface area contributed by atoms with E-state index < -0.39 is 0 Å². The second kappa shape index (κ2) is 4.53. The Morgan fingerprint density at radius 3 is 2.75 bits per heavy atom. The second-order valence-corrected chi connectivity index (χ2v) is 3.61. The van der Waals surface area contributed by atoms with Gasteiger partial charge in [0.2, 0.25) is 0 Å². The normalized spacial score (nSPS) is 10.4. The number of aromatic nitrogens is 3. The monoisotopic (exact) mass is 237 g/mol. The number of pyridine rings is 1. The third-order valence-electron chi connectivity index (χ3n) is 2.07. The first-order valence-corrected chi connectivity index (χ1v) is 5.22. The number of halogens is 2. The number of rotatable bonds is 2. The Hall–Kier alpha value is -1.55. The van der Waals surface area contributed by atoms with Crippen molar-refractivity contribution in [2.24, 2.45) is 0 Å². The summed E-state index contributed by atoms with van der Waals surface area (Å²) in [5.74, 6) is 0.0332. The van der Waals surface area contributed by atoms with Crippen LogP contribution in [0.4, 0.5) is 4.39 Å². The molecule has 0 aliphatic carbocycles. The summed E-state index contributed by atoms with van der Waals surface area (Å²) in [6.45, 7) is 1.97. The lowest BCUT2D eigenvalue weighted by Crippen LogP contribution is -1.96. The molecule has 0 atom stereocenters. The SMILES string of the molecule is CCc1cc(Cl)nc(-c2ccc(F)cn2)n1. The molecule has 0 saturated carbocycles. The van der Waals surface area contributed by atoms with Gasteiger partial charge in [-0.3, -0.25) is 0 Å². The lowest BCUT2D eigenvalue weighted by molar-refractivity contribution is 0.621. The van der Waals surface area contributed by atoms with Crippen molar-refractivity contribution >= 4 is 11.6 Å². The van der Waals surface area contributed by atoms with Crippen molar-refractivity contribution in [1.82, 2.24) is 15.0 Å². The van der Waals surface area contributed by atoms with Gasteiger partial charge in [-0.25, -0.2) is 19.3 Å². The first kappa shape index (κ1) is 11.0. The van der Waals surface area contributed by atoms with Gasteiger partial charge in [-0.1, -0.05) is 18.5 Å². The molecule has 0 fully saturated rings. The first-order chi connectivity index (χ1) is 7.69. The predicted octanol–water partition coefficient (Wildman–Crippen LogP) is 2.89. The molecule has 0 aliphatic rings. The molecule has 0 aromatic carbocycles. The van der Waals surface area contributed by atoms with E-state index in [1.54, 1.807) is 6.07 Å². The molecular weight excluding hydrogens is 229 g/mol. The zero-order valence-electron chi connectivity index (χ0n) is 8.61. The zero-order valence-corrected chi connectivity index (χ0v) is 9.37. The van der Waals surface area contributed by atoms with Crippen LogP contribution in [0.5, 0.6) is 0 Å². The molecule has 3 nitrogen and oxygen atoms in total. The molecule has 0 aliphatic heterocycles. The highest BCUT2D eigenvalue weighted by molar-refractivity contribution is 6.29. The molecular formula is C11H9ClFN3. The number of aryl methyl sites for hydroxylation is 1. The molecule has 82 valence electrons. The smallest absolute Gasteiger partial charge is 0.179 e. The lowest BCUT2D eigenvalue weighted by atomic mass is 10.3. The van der Waals surface area contributed by atoms with Crippen LogP contribution in [0, 0.1) is 5.82 Å². The topological polar surface area (TPSA) is 38.7 Å². The van der Waals surface area contributed by atoms with Gasteiger partial charge in [0.15, 0.2) is 5.82 Å². The first-order valence-electron chi connectivity index (χ1n) is 4.84. The molecule has 2 rings (SSSR count). The number of hydrogen-bond acceptors (Lipinski definition) is 3. The number of nitrogens with zero attached hydrogens (tertiary/aromatic N) is 3. The van der Waals surface area contributed by atoms with Gasteiger partial charge < -0.3 is 0 Å². The van der Waals surface area contributed by atoms with Gasteiger partial charge in [-0.05, 0) is 24.6 Å². The van der Waals surface area contributed by atoms with Crippen molar-refractivity contribution < 1.29 is 4.39 Å². The fourth-order valence-electron chi connectivity index (χ4n) is 1.27. The zero-order chi connectivity index (χ0) is 11.5. The molecule has 0 saturated heterocycles. The Morgan fingerprint density at radius 1 is 1.31 bits per heavy atom. The summed E-state index contributed by atoms with van der Waals surface area (Å²) >= 11 is 5.86. The van der Waals surface area contributed by atoms with Crippen LogP contribution in [0.25, 0.3) is 11.5 Å². The molecule has 2 aromatic heterocycles. The van der Waals surface area contributed by atoms with Crippen molar-refractivity contribution in [2.45, 2.75) is 13.3 Å². The van der Waals surface area contributed by atoms with E-state index in [0.717, 1.165) is 18.3 Å².